The van der Waals surface area contributed by atoms with Crippen molar-refractivity contribution in [2.24, 2.45) is 0 Å². The lowest BCUT2D eigenvalue weighted by Crippen LogP contribution is -2.31. The summed E-state index contributed by atoms with van der Waals surface area (Å²) in [6.45, 7) is -0.365. The van der Waals surface area contributed by atoms with Gasteiger partial charge in [-0.05, 0) is 0 Å². The van der Waals surface area contributed by atoms with Gasteiger partial charge >= 0.3 is 5.69 Å². The van der Waals surface area contributed by atoms with Gasteiger partial charge in [0.25, 0.3) is 0 Å². The van der Waals surface area contributed by atoms with E-state index in [9.17, 15) is 13.6 Å². The molecule has 3 N–H and O–H groups in total. The third kappa shape index (κ3) is 2.13. The first-order chi connectivity index (χ1) is 8.02. The first kappa shape index (κ1) is 11.9. The average Bonchev–Trinajstić information content (AvgIpc) is 2.65. The molecule has 0 saturated carbocycles. The molecule has 1 aromatic rings. The predicted molar refractivity (Wildman–Crippen MR) is 53.4 cm³/mol. The zero-order valence-corrected chi connectivity index (χ0v) is 8.72. The van der Waals surface area contributed by atoms with E-state index in [4.69, 9.17) is 15.6 Å². The van der Waals surface area contributed by atoms with Crippen molar-refractivity contribution in [3.8, 4) is 0 Å². The van der Waals surface area contributed by atoms with Crippen LogP contribution in [0.2, 0.25) is 0 Å². The Morgan fingerprint density at radius 3 is 3.00 bits per heavy atom. The number of aliphatic hydroxyl groups excluding tert-OH is 1. The number of nitrogens with zero attached hydrogens (tertiary/aromatic N) is 2. The lowest BCUT2D eigenvalue weighted by Gasteiger charge is -2.16. The van der Waals surface area contributed by atoms with E-state index in [1.165, 1.54) is 0 Å². The molecule has 1 aliphatic rings. The summed E-state index contributed by atoms with van der Waals surface area (Å²) >= 11 is 0. The molecule has 0 aliphatic carbocycles. The van der Waals surface area contributed by atoms with Crippen LogP contribution in [0.15, 0.2) is 11.0 Å². The van der Waals surface area contributed by atoms with Gasteiger partial charge in [-0.15, -0.1) is 0 Å². The Balaban J connectivity index is 2.35. The Morgan fingerprint density at radius 1 is 1.71 bits per heavy atom. The molecule has 3 atom stereocenters. The summed E-state index contributed by atoms with van der Waals surface area (Å²) in [5.74, 6) is -1.47. The number of hydrogen-bond donors (Lipinski definition) is 2. The quantitative estimate of drug-likeness (QED) is 0.741. The Bertz CT molecular complexity index is 479. The normalized spacial score (nSPS) is 28.5. The molecule has 0 aromatic carbocycles. The maximum atomic E-state index is 13.5. The van der Waals surface area contributed by atoms with Crippen molar-refractivity contribution in [2.45, 2.75) is 24.9 Å². The molecule has 2 heterocycles. The fraction of sp³-hybridized carbons (Fsp3) is 0.556. The average molecular weight is 247 g/mol. The van der Waals surface area contributed by atoms with Gasteiger partial charge in [0.1, 0.15) is 6.17 Å². The van der Waals surface area contributed by atoms with Gasteiger partial charge in [-0.25, -0.2) is 13.6 Å². The lowest BCUT2D eigenvalue weighted by atomic mass is 10.2. The number of alkyl halides is 1. The highest BCUT2D eigenvalue weighted by Crippen LogP contribution is 2.30. The predicted octanol–water partition coefficient (Wildman–Crippen LogP) is -0.417. The van der Waals surface area contributed by atoms with Gasteiger partial charge in [0.2, 0.25) is 0 Å². The van der Waals surface area contributed by atoms with Crippen LogP contribution in [0.1, 0.15) is 12.6 Å². The molecule has 1 aliphatic heterocycles. The van der Waals surface area contributed by atoms with Gasteiger partial charge in [0.05, 0.1) is 18.9 Å². The van der Waals surface area contributed by atoms with Crippen LogP contribution in [0, 0.1) is 5.82 Å². The first-order valence-corrected chi connectivity index (χ1v) is 4.97. The third-order valence-corrected chi connectivity index (χ3v) is 2.54. The molecule has 1 saturated heterocycles. The minimum atomic E-state index is -1.50. The van der Waals surface area contributed by atoms with E-state index in [1.807, 2.05) is 0 Å². The van der Waals surface area contributed by atoms with E-state index in [0.29, 0.717) is 4.57 Å². The number of aromatic nitrogens is 2. The molecule has 17 heavy (non-hydrogen) atoms. The second kappa shape index (κ2) is 4.38. The van der Waals surface area contributed by atoms with Crippen LogP contribution in [-0.4, -0.2) is 33.5 Å². The van der Waals surface area contributed by atoms with Gasteiger partial charge in [-0.2, -0.15) is 4.98 Å². The van der Waals surface area contributed by atoms with E-state index in [2.05, 4.69) is 4.98 Å². The zero-order chi connectivity index (χ0) is 12.6. The lowest BCUT2D eigenvalue weighted by molar-refractivity contribution is -0.0397. The standard InChI is InChI=1S/C9H11F2N3O3/c10-5-1-4(3-15)17-8(5)14-2-6(11)7(12)13-9(14)16/h2,4-5,8,15H,1,3H2,(H2,12,13,16)/t4-,5+,8-/m1/s1. The Morgan fingerprint density at radius 2 is 2.41 bits per heavy atom. The highest BCUT2D eigenvalue weighted by atomic mass is 19.1. The number of nitrogen functional groups attached to an aromatic ring is 1. The molecule has 0 radical (unpaired) electrons. The molecule has 0 spiro atoms. The summed E-state index contributed by atoms with van der Waals surface area (Å²) in [7, 11) is 0. The molecule has 0 amide bonds. The van der Waals surface area contributed by atoms with E-state index < -0.39 is 35.8 Å². The molecule has 94 valence electrons. The van der Waals surface area contributed by atoms with Crippen LogP contribution in [-0.2, 0) is 4.74 Å². The second-order valence-electron chi connectivity index (χ2n) is 3.75. The van der Waals surface area contributed by atoms with E-state index >= 15 is 0 Å². The van der Waals surface area contributed by atoms with Crippen molar-refractivity contribution >= 4 is 5.82 Å². The van der Waals surface area contributed by atoms with Gasteiger partial charge in [-0.3, -0.25) is 4.57 Å². The Kier molecular flexibility index (Phi) is 3.07. The van der Waals surface area contributed by atoms with Crippen LogP contribution in [0.4, 0.5) is 14.6 Å². The van der Waals surface area contributed by atoms with Crippen LogP contribution >= 0.6 is 0 Å². The van der Waals surface area contributed by atoms with Crippen LogP contribution < -0.4 is 11.4 Å². The van der Waals surface area contributed by atoms with Crippen LogP contribution in [0.3, 0.4) is 0 Å². The largest absolute Gasteiger partial charge is 0.394 e. The monoisotopic (exact) mass is 247 g/mol. The van der Waals surface area contributed by atoms with E-state index in [-0.39, 0.29) is 13.0 Å². The minimum absolute atomic E-state index is 0.0560. The molecule has 0 unspecified atom stereocenters. The van der Waals surface area contributed by atoms with Crippen molar-refractivity contribution in [3.63, 3.8) is 0 Å². The minimum Gasteiger partial charge on any atom is -0.394 e. The SMILES string of the molecule is Nc1nc(=O)n([C@@H]2O[C@@H](CO)C[C@@H]2F)cc1F. The summed E-state index contributed by atoms with van der Waals surface area (Å²) in [6.07, 6.45) is -2.79. The van der Waals surface area contributed by atoms with Crippen molar-refractivity contribution in [1.82, 2.24) is 9.55 Å². The number of anilines is 1. The van der Waals surface area contributed by atoms with Crippen LogP contribution in [0.25, 0.3) is 0 Å². The number of rotatable bonds is 2. The van der Waals surface area contributed by atoms with Crippen molar-refractivity contribution in [1.29, 1.82) is 0 Å². The smallest absolute Gasteiger partial charge is 0.351 e. The first-order valence-electron chi connectivity index (χ1n) is 4.97. The number of halogens is 2. The molecule has 1 fully saturated rings. The zero-order valence-electron chi connectivity index (χ0n) is 8.72. The molecule has 6 nitrogen and oxygen atoms in total. The molecular weight excluding hydrogens is 236 g/mol. The number of ether oxygens (including phenoxy) is 1. The molecule has 2 rings (SSSR count). The highest BCUT2D eigenvalue weighted by Gasteiger charge is 2.37. The number of hydrogen-bond acceptors (Lipinski definition) is 5. The number of nitrogens with two attached hydrogens (primary N) is 1. The molecular formula is C9H11F2N3O3. The molecule has 8 heteroatoms. The summed E-state index contributed by atoms with van der Waals surface area (Å²) < 4.78 is 32.5. The molecule has 1 aromatic heterocycles. The fourth-order valence-electron chi connectivity index (χ4n) is 1.70. The van der Waals surface area contributed by atoms with Crippen molar-refractivity contribution in [3.05, 3.63) is 22.5 Å². The second-order valence-corrected chi connectivity index (χ2v) is 3.75. The van der Waals surface area contributed by atoms with Crippen molar-refractivity contribution < 1.29 is 18.6 Å². The third-order valence-electron chi connectivity index (χ3n) is 2.54. The van der Waals surface area contributed by atoms with E-state index in [1.54, 1.807) is 0 Å². The topological polar surface area (TPSA) is 90.4 Å². The maximum Gasteiger partial charge on any atom is 0.351 e. The number of aliphatic hydroxyl groups is 1. The Hall–Kier alpha value is -1.54. The van der Waals surface area contributed by atoms with Gasteiger partial charge in [0, 0.05) is 6.42 Å². The van der Waals surface area contributed by atoms with Gasteiger partial charge in [-0.1, -0.05) is 0 Å². The van der Waals surface area contributed by atoms with Gasteiger partial charge in [0.15, 0.2) is 17.9 Å². The summed E-state index contributed by atoms with van der Waals surface area (Å²) in [5.41, 5.74) is 4.21. The summed E-state index contributed by atoms with van der Waals surface area (Å²) in [4.78, 5) is 14.6. The Labute approximate surface area is 94.6 Å². The highest BCUT2D eigenvalue weighted by molar-refractivity contribution is 5.26. The van der Waals surface area contributed by atoms with Crippen molar-refractivity contribution in [2.75, 3.05) is 12.3 Å². The summed E-state index contributed by atoms with van der Waals surface area (Å²) in [5, 5.41) is 8.83. The van der Waals surface area contributed by atoms with E-state index in [0.717, 1.165) is 6.20 Å². The van der Waals surface area contributed by atoms with Crippen LogP contribution in [0.5, 0.6) is 0 Å². The fourth-order valence-corrected chi connectivity index (χ4v) is 1.70. The molecule has 0 bridgehead atoms. The summed E-state index contributed by atoms with van der Waals surface area (Å²) in [6, 6.07) is 0. The van der Waals surface area contributed by atoms with Gasteiger partial charge < -0.3 is 15.6 Å². The maximum absolute atomic E-state index is 13.5.